The van der Waals surface area contributed by atoms with Crippen molar-refractivity contribution in [2.45, 2.75) is 25.8 Å². The number of rotatable bonds is 6. The van der Waals surface area contributed by atoms with Gasteiger partial charge in [0.15, 0.2) is 5.96 Å². The molecular weight excluding hydrogens is 336 g/mol. The van der Waals surface area contributed by atoms with E-state index in [-0.39, 0.29) is 11.3 Å². The van der Waals surface area contributed by atoms with Crippen LogP contribution in [-0.4, -0.2) is 44.5 Å². The number of carbonyl (C=O) groups is 1. The number of carbonyl (C=O) groups excluding carboxylic acids is 1. The van der Waals surface area contributed by atoms with Crippen LogP contribution in [0, 0.1) is 0 Å². The number of hydrogen-bond donors (Lipinski definition) is 2. The Morgan fingerprint density at radius 1 is 1.00 bits per heavy atom. The molecular formula is C22H30N4O. The SMILES string of the molecule is CN=C(NCc1ccc(C(=O)N(C)C)cc1)NCC(C)(C)c1ccccc1. The topological polar surface area (TPSA) is 56.7 Å². The van der Waals surface area contributed by atoms with Crippen molar-refractivity contribution in [3.63, 3.8) is 0 Å². The Balaban J connectivity index is 1.89. The van der Waals surface area contributed by atoms with Gasteiger partial charge in [0.25, 0.3) is 5.91 Å². The predicted molar refractivity (Wildman–Crippen MR) is 112 cm³/mol. The zero-order chi connectivity index (χ0) is 19.9. The monoisotopic (exact) mass is 366 g/mol. The molecule has 2 aromatic rings. The average Bonchev–Trinajstić information content (AvgIpc) is 2.68. The lowest BCUT2D eigenvalue weighted by atomic mass is 9.85. The molecule has 5 nitrogen and oxygen atoms in total. The second-order valence-electron chi connectivity index (χ2n) is 7.43. The molecule has 0 spiro atoms. The summed E-state index contributed by atoms with van der Waals surface area (Å²) >= 11 is 0. The maximum atomic E-state index is 11.9. The fourth-order valence-corrected chi connectivity index (χ4v) is 2.73. The van der Waals surface area contributed by atoms with E-state index in [1.807, 2.05) is 30.3 Å². The van der Waals surface area contributed by atoms with E-state index in [4.69, 9.17) is 0 Å². The molecule has 0 saturated heterocycles. The third kappa shape index (κ3) is 5.84. The number of nitrogens with one attached hydrogen (secondary N) is 2. The lowest BCUT2D eigenvalue weighted by Crippen LogP contribution is -2.43. The van der Waals surface area contributed by atoms with Crippen molar-refractivity contribution in [1.82, 2.24) is 15.5 Å². The third-order valence-corrected chi connectivity index (χ3v) is 4.54. The molecule has 0 aliphatic rings. The number of aliphatic imine (C=N–C) groups is 1. The Bertz CT molecular complexity index is 765. The fourth-order valence-electron chi connectivity index (χ4n) is 2.73. The maximum absolute atomic E-state index is 11.9. The quantitative estimate of drug-likeness (QED) is 0.610. The van der Waals surface area contributed by atoms with Crippen molar-refractivity contribution in [2.24, 2.45) is 4.99 Å². The molecule has 1 amide bonds. The molecule has 2 N–H and O–H groups in total. The van der Waals surface area contributed by atoms with Crippen LogP contribution in [0.3, 0.4) is 0 Å². The van der Waals surface area contributed by atoms with Crippen LogP contribution in [0.2, 0.25) is 0 Å². The summed E-state index contributed by atoms with van der Waals surface area (Å²) in [7, 11) is 5.28. The Morgan fingerprint density at radius 2 is 1.63 bits per heavy atom. The summed E-state index contributed by atoms with van der Waals surface area (Å²) in [5, 5.41) is 6.73. The van der Waals surface area contributed by atoms with Gasteiger partial charge in [0, 0.05) is 45.2 Å². The summed E-state index contributed by atoms with van der Waals surface area (Å²) in [5.74, 6) is 0.766. The largest absolute Gasteiger partial charge is 0.356 e. The fraction of sp³-hybridized carbons (Fsp3) is 0.364. The zero-order valence-corrected chi connectivity index (χ0v) is 16.9. The molecule has 0 fully saturated rings. The Morgan fingerprint density at radius 3 is 2.19 bits per heavy atom. The van der Waals surface area contributed by atoms with E-state index < -0.39 is 0 Å². The van der Waals surface area contributed by atoms with E-state index in [0.29, 0.717) is 12.1 Å². The Kier molecular flexibility index (Phi) is 6.99. The summed E-state index contributed by atoms with van der Waals surface area (Å²) in [4.78, 5) is 17.8. The first-order chi connectivity index (χ1) is 12.8. The highest BCUT2D eigenvalue weighted by molar-refractivity contribution is 5.93. The Labute approximate surface area is 162 Å². The van der Waals surface area contributed by atoms with Gasteiger partial charge in [-0.05, 0) is 23.3 Å². The van der Waals surface area contributed by atoms with E-state index in [2.05, 4.69) is 53.7 Å². The van der Waals surface area contributed by atoms with Crippen molar-refractivity contribution >= 4 is 11.9 Å². The molecule has 0 unspecified atom stereocenters. The highest BCUT2D eigenvalue weighted by atomic mass is 16.2. The van der Waals surface area contributed by atoms with Crippen molar-refractivity contribution in [2.75, 3.05) is 27.7 Å². The smallest absolute Gasteiger partial charge is 0.253 e. The number of amides is 1. The lowest BCUT2D eigenvalue weighted by molar-refractivity contribution is 0.0827. The van der Waals surface area contributed by atoms with Crippen LogP contribution in [0.25, 0.3) is 0 Å². The van der Waals surface area contributed by atoms with Gasteiger partial charge in [-0.2, -0.15) is 0 Å². The van der Waals surface area contributed by atoms with Crippen LogP contribution in [0.5, 0.6) is 0 Å². The summed E-state index contributed by atoms with van der Waals surface area (Å²) in [5.41, 5.74) is 3.06. The summed E-state index contributed by atoms with van der Waals surface area (Å²) in [6.45, 7) is 5.83. The minimum absolute atomic E-state index is 0.00688. The maximum Gasteiger partial charge on any atom is 0.253 e. The molecule has 5 heteroatoms. The summed E-state index contributed by atoms with van der Waals surface area (Å²) in [6.07, 6.45) is 0. The van der Waals surface area contributed by atoms with Gasteiger partial charge in [-0.15, -0.1) is 0 Å². The van der Waals surface area contributed by atoms with Gasteiger partial charge in [0.1, 0.15) is 0 Å². The molecule has 144 valence electrons. The molecule has 0 aliphatic carbocycles. The van der Waals surface area contributed by atoms with Gasteiger partial charge in [-0.1, -0.05) is 56.3 Å². The normalized spacial score (nSPS) is 11.8. The van der Waals surface area contributed by atoms with Crippen molar-refractivity contribution < 1.29 is 4.79 Å². The highest BCUT2D eigenvalue weighted by Gasteiger charge is 2.20. The molecule has 0 heterocycles. The van der Waals surface area contributed by atoms with Gasteiger partial charge >= 0.3 is 0 Å². The first-order valence-corrected chi connectivity index (χ1v) is 9.14. The van der Waals surface area contributed by atoms with E-state index in [1.165, 1.54) is 5.56 Å². The third-order valence-electron chi connectivity index (χ3n) is 4.54. The van der Waals surface area contributed by atoms with E-state index in [0.717, 1.165) is 18.1 Å². The minimum atomic E-state index is -0.00688. The number of benzene rings is 2. The number of nitrogens with zero attached hydrogens (tertiary/aromatic N) is 2. The van der Waals surface area contributed by atoms with Gasteiger partial charge in [0.05, 0.1) is 0 Å². The zero-order valence-electron chi connectivity index (χ0n) is 16.9. The van der Waals surface area contributed by atoms with Crippen molar-refractivity contribution in [3.05, 3.63) is 71.3 Å². The number of guanidine groups is 1. The molecule has 0 bridgehead atoms. The Hall–Kier alpha value is -2.82. The second kappa shape index (κ2) is 9.21. The number of hydrogen-bond acceptors (Lipinski definition) is 2. The van der Waals surface area contributed by atoms with Crippen LogP contribution in [0.4, 0.5) is 0 Å². The van der Waals surface area contributed by atoms with Gasteiger partial charge in [-0.25, -0.2) is 0 Å². The molecule has 2 rings (SSSR count). The standard InChI is InChI=1S/C22H30N4O/c1-22(2,19-9-7-6-8-10-19)16-25-21(23-3)24-15-17-11-13-18(14-12-17)20(27)26(4)5/h6-14H,15-16H2,1-5H3,(H2,23,24,25). The molecule has 0 aromatic heterocycles. The van der Waals surface area contributed by atoms with Crippen LogP contribution in [-0.2, 0) is 12.0 Å². The van der Waals surface area contributed by atoms with Crippen LogP contribution in [0.1, 0.15) is 35.3 Å². The van der Waals surface area contributed by atoms with E-state index >= 15 is 0 Å². The van der Waals surface area contributed by atoms with E-state index in [9.17, 15) is 4.79 Å². The van der Waals surface area contributed by atoms with Crippen molar-refractivity contribution in [3.8, 4) is 0 Å². The van der Waals surface area contributed by atoms with E-state index in [1.54, 1.807) is 26.0 Å². The van der Waals surface area contributed by atoms with Crippen LogP contribution < -0.4 is 10.6 Å². The summed E-state index contributed by atoms with van der Waals surface area (Å²) < 4.78 is 0. The minimum Gasteiger partial charge on any atom is -0.356 e. The summed E-state index contributed by atoms with van der Waals surface area (Å²) in [6, 6.07) is 18.1. The highest BCUT2D eigenvalue weighted by Crippen LogP contribution is 2.21. The van der Waals surface area contributed by atoms with Crippen LogP contribution >= 0.6 is 0 Å². The van der Waals surface area contributed by atoms with Crippen LogP contribution in [0.15, 0.2) is 59.6 Å². The molecule has 27 heavy (non-hydrogen) atoms. The molecule has 0 radical (unpaired) electrons. The first kappa shape index (κ1) is 20.5. The van der Waals surface area contributed by atoms with Gasteiger partial charge in [0.2, 0.25) is 0 Å². The first-order valence-electron chi connectivity index (χ1n) is 9.14. The van der Waals surface area contributed by atoms with Crippen molar-refractivity contribution in [1.29, 1.82) is 0 Å². The second-order valence-corrected chi connectivity index (χ2v) is 7.43. The average molecular weight is 367 g/mol. The lowest BCUT2D eigenvalue weighted by Gasteiger charge is -2.26. The van der Waals surface area contributed by atoms with Gasteiger partial charge < -0.3 is 15.5 Å². The predicted octanol–water partition coefficient (Wildman–Crippen LogP) is 3.03. The van der Waals surface area contributed by atoms with Gasteiger partial charge in [-0.3, -0.25) is 9.79 Å². The molecule has 0 saturated carbocycles. The molecule has 0 atom stereocenters. The molecule has 2 aromatic carbocycles. The molecule has 0 aliphatic heterocycles.